The Morgan fingerprint density at radius 3 is 2.35 bits per heavy atom. The molecular formula is C35H40ClIN6O8S. The number of sulfonamides is 1. The molecule has 1 aliphatic heterocycles. The maximum absolute atomic E-state index is 14.6. The van der Waals surface area contributed by atoms with Crippen molar-refractivity contribution in [1.82, 2.24) is 19.9 Å². The lowest BCUT2D eigenvalue weighted by molar-refractivity contribution is -0.141. The summed E-state index contributed by atoms with van der Waals surface area (Å²) in [6.45, 7) is 5.62. The molecule has 14 nitrogen and oxygen atoms in total. The number of nitrogens with zero attached hydrogens (tertiary/aromatic N) is 2. The molecule has 5 N–H and O–H groups in total. The van der Waals surface area contributed by atoms with Crippen LogP contribution >= 0.6 is 34.2 Å². The first-order valence-corrected chi connectivity index (χ1v) is 19.9. The van der Waals surface area contributed by atoms with E-state index in [1.807, 2.05) is 43.4 Å². The van der Waals surface area contributed by atoms with Gasteiger partial charge in [0.1, 0.15) is 29.5 Å². The maximum Gasteiger partial charge on any atom is 0.260 e. The highest BCUT2D eigenvalue weighted by Crippen LogP contribution is 2.44. The molecule has 2 heterocycles. The van der Waals surface area contributed by atoms with Gasteiger partial charge in [0, 0.05) is 37.4 Å². The topological polar surface area (TPSA) is 199 Å². The van der Waals surface area contributed by atoms with Crippen molar-refractivity contribution in [2.45, 2.75) is 79.4 Å². The van der Waals surface area contributed by atoms with Gasteiger partial charge in [-0.25, -0.2) is 13.4 Å². The minimum Gasteiger partial charge on any atom is -0.494 e. The first-order chi connectivity index (χ1) is 24.4. The van der Waals surface area contributed by atoms with Crippen molar-refractivity contribution in [2.75, 3.05) is 19.0 Å². The predicted molar refractivity (Wildman–Crippen MR) is 203 cm³/mol. The number of nitrogens with one attached hydrogen (secondary N) is 3. The molecule has 17 heteroatoms. The number of carbonyl (C=O) groups is 4. The number of fused-ring (bicyclic) bond motifs is 1. The Kier molecular flexibility index (Phi) is 10.3. The molecule has 2 aliphatic carbocycles. The molecule has 2 saturated carbocycles. The summed E-state index contributed by atoms with van der Waals surface area (Å²) in [5.41, 5.74) is 4.13. The molecule has 3 fully saturated rings. The summed E-state index contributed by atoms with van der Waals surface area (Å²) in [7, 11) is -2.34. The second-order valence-corrected chi connectivity index (χ2v) is 18.4. The summed E-state index contributed by atoms with van der Waals surface area (Å²) in [6.07, 6.45) is 2.01. The summed E-state index contributed by atoms with van der Waals surface area (Å²) in [5.74, 6) is -1.68. The number of hydrogen-bond donors (Lipinski definition) is 4. The van der Waals surface area contributed by atoms with Crippen LogP contribution in [-0.2, 0) is 24.4 Å². The van der Waals surface area contributed by atoms with Crippen molar-refractivity contribution in [3.05, 3.63) is 59.2 Å². The van der Waals surface area contributed by atoms with Crippen LogP contribution in [0, 0.1) is 5.41 Å². The van der Waals surface area contributed by atoms with Crippen LogP contribution in [0.15, 0.2) is 48.7 Å². The Bertz CT molecular complexity index is 2040. The van der Waals surface area contributed by atoms with E-state index in [0.717, 1.165) is 0 Å². The monoisotopic (exact) mass is 866 g/mol. The smallest absolute Gasteiger partial charge is 0.260 e. The van der Waals surface area contributed by atoms with Gasteiger partial charge in [-0.2, -0.15) is 0 Å². The molecule has 0 bridgehead atoms. The van der Waals surface area contributed by atoms with Gasteiger partial charge < -0.3 is 30.7 Å². The average molecular weight is 867 g/mol. The number of rotatable bonds is 12. The Hall–Kier alpha value is -3.90. The number of halogens is 2. The molecule has 3 aromatic rings. The molecule has 6 rings (SSSR count). The Balaban J connectivity index is 1.30. The van der Waals surface area contributed by atoms with Gasteiger partial charge >= 0.3 is 0 Å². The molecule has 0 spiro atoms. The van der Waals surface area contributed by atoms with Gasteiger partial charge in [-0.3, -0.25) is 23.9 Å². The van der Waals surface area contributed by atoms with Gasteiger partial charge in [0.2, 0.25) is 33.6 Å². The molecule has 1 aromatic heterocycles. The summed E-state index contributed by atoms with van der Waals surface area (Å²) in [4.78, 5) is 59.8. The van der Waals surface area contributed by atoms with Gasteiger partial charge in [0.05, 0.1) is 25.1 Å². The summed E-state index contributed by atoms with van der Waals surface area (Å²) in [5, 5.41) is 7.19. The van der Waals surface area contributed by atoms with Crippen LogP contribution in [0.4, 0.5) is 5.69 Å². The van der Waals surface area contributed by atoms with Crippen LogP contribution in [0.5, 0.6) is 11.6 Å². The first-order valence-electron chi connectivity index (χ1n) is 16.7. The predicted octanol–water partition coefficient (Wildman–Crippen LogP) is 3.54. The van der Waals surface area contributed by atoms with Crippen molar-refractivity contribution in [3.8, 4) is 11.6 Å². The number of pyridine rings is 1. The first kappa shape index (κ1) is 37.8. The summed E-state index contributed by atoms with van der Waals surface area (Å²) < 4.78 is 39.0. The highest BCUT2D eigenvalue weighted by atomic mass is 127. The number of amides is 4. The number of hydrogen-bond acceptors (Lipinski definition) is 10. The molecule has 0 unspecified atom stereocenters. The van der Waals surface area contributed by atoms with Crippen molar-refractivity contribution in [3.63, 3.8) is 0 Å². The van der Waals surface area contributed by atoms with E-state index < -0.39 is 68.0 Å². The normalized spacial score (nSPS) is 23.4. The van der Waals surface area contributed by atoms with Gasteiger partial charge in [0.25, 0.3) is 5.91 Å². The second kappa shape index (κ2) is 14.2. The lowest BCUT2D eigenvalue weighted by Gasteiger charge is -2.36. The quantitative estimate of drug-likeness (QED) is 0.154. The van der Waals surface area contributed by atoms with E-state index in [0.29, 0.717) is 45.6 Å². The zero-order valence-electron chi connectivity index (χ0n) is 28.9. The Labute approximate surface area is 320 Å². The minimum atomic E-state index is -3.86. The van der Waals surface area contributed by atoms with Crippen molar-refractivity contribution < 1.29 is 37.1 Å². The third-order valence-corrected chi connectivity index (χ3v) is 13.1. The molecule has 1 saturated heterocycles. The third kappa shape index (κ3) is 7.74. The van der Waals surface area contributed by atoms with Crippen LogP contribution in [0.3, 0.4) is 0 Å². The molecule has 5 atom stereocenters. The van der Waals surface area contributed by atoms with E-state index in [1.165, 1.54) is 18.2 Å². The Morgan fingerprint density at radius 2 is 1.77 bits per heavy atom. The number of benzene rings is 2. The van der Waals surface area contributed by atoms with E-state index in [2.05, 4.69) is 20.3 Å². The fourth-order valence-electron chi connectivity index (χ4n) is 6.30. The third-order valence-electron chi connectivity index (χ3n) is 9.54. The number of ether oxygens (including phenoxy) is 2. The van der Waals surface area contributed by atoms with E-state index >= 15 is 0 Å². The second-order valence-electron chi connectivity index (χ2n) is 14.5. The van der Waals surface area contributed by atoms with Gasteiger partial charge in [-0.05, 0) is 67.1 Å². The number of carbonyl (C=O) groups excluding carboxylic acids is 4. The standard InChI is InChI=1S/C35H40ClIN6O8S/c1-34(2,3)28(40-20-8-5-18(6-9-20)29(38)44)32(46)43-17-21(51-31-24-13-19(36)7-12-23(24)26(50-4)16-39-31)14-25(43)30(45)41-35(15-27(35)37)33(47)42-52(48,49)22-10-11-22/h5-9,12-13,16,21-22,25,27-28,40H,10-11,14-15,17H2,1-4H3,(H2,38,44)(H,41,45)(H,42,47)/t21-,25+,27-,28-,35-/m1/s1. The van der Waals surface area contributed by atoms with Crippen LogP contribution in [-0.4, -0.2) is 88.5 Å². The lowest BCUT2D eigenvalue weighted by Crippen LogP contribution is -2.58. The lowest BCUT2D eigenvalue weighted by atomic mass is 9.85. The van der Waals surface area contributed by atoms with Gasteiger partial charge in [-0.15, -0.1) is 0 Å². The minimum absolute atomic E-state index is 0.00944. The Morgan fingerprint density at radius 1 is 1.10 bits per heavy atom. The number of primary amides is 1. The highest BCUT2D eigenvalue weighted by molar-refractivity contribution is 14.1. The molecule has 2 aromatic carbocycles. The molecule has 4 amide bonds. The van der Waals surface area contributed by atoms with E-state index in [9.17, 15) is 27.6 Å². The van der Waals surface area contributed by atoms with E-state index in [1.54, 1.807) is 42.5 Å². The van der Waals surface area contributed by atoms with E-state index in [4.69, 9.17) is 26.8 Å². The molecular weight excluding hydrogens is 827 g/mol. The SMILES string of the molecule is COc1cnc(O[C@@H]2C[C@@H](C(=O)N[C@]3(C(=O)NS(=O)(=O)C4CC4)C[C@H]3I)N(C(=O)[C@@H](Nc3ccc(C(N)=O)cc3)C(C)(C)C)C2)c2cc(Cl)ccc12. The number of anilines is 1. The van der Waals surface area contributed by atoms with E-state index in [-0.39, 0.29) is 29.2 Å². The van der Waals surface area contributed by atoms with Crippen molar-refractivity contribution >= 4 is 84.3 Å². The molecule has 0 radical (unpaired) electrons. The summed E-state index contributed by atoms with van der Waals surface area (Å²) in [6, 6.07) is 9.62. The number of aromatic nitrogens is 1. The molecule has 278 valence electrons. The number of nitrogens with two attached hydrogens (primary N) is 1. The largest absolute Gasteiger partial charge is 0.494 e. The zero-order valence-corrected chi connectivity index (χ0v) is 32.7. The fourth-order valence-corrected chi connectivity index (χ4v) is 8.96. The summed E-state index contributed by atoms with van der Waals surface area (Å²) >= 11 is 8.35. The van der Waals surface area contributed by atoms with Crippen molar-refractivity contribution in [1.29, 1.82) is 0 Å². The van der Waals surface area contributed by atoms with Crippen LogP contribution in [0.25, 0.3) is 10.8 Å². The number of methoxy groups -OCH3 is 1. The van der Waals surface area contributed by atoms with Crippen LogP contribution in [0.1, 0.15) is 56.8 Å². The maximum atomic E-state index is 14.6. The van der Waals surface area contributed by atoms with Crippen molar-refractivity contribution in [2.24, 2.45) is 11.1 Å². The number of likely N-dealkylation sites (tertiary alicyclic amines) is 1. The van der Waals surface area contributed by atoms with Gasteiger partial charge in [-0.1, -0.05) is 55.0 Å². The molecule has 3 aliphatic rings. The molecule has 52 heavy (non-hydrogen) atoms. The highest BCUT2D eigenvalue weighted by Gasteiger charge is 2.62. The zero-order chi connectivity index (χ0) is 37.7. The van der Waals surface area contributed by atoms with Gasteiger partial charge in [0.15, 0.2) is 0 Å². The fraction of sp³-hybridized carbons (Fsp3) is 0.457. The van der Waals surface area contributed by atoms with Crippen LogP contribution in [0.2, 0.25) is 5.02 Å². The van der Waals surface area contributed by atoms with Crippen LogP contribution < -0.4 is 30.6 Å². The average Bonchev–Trinajstić information content (AvgIpc) is 4.00. The number of alkyl halides is 1.